The number of aliphatic hydroxyl groups is 1. The molecule has 0 aliphatic carbocycles. The Kier molecular flexibility index (Phi) is 9.64. The molecule has 0 amide bonds. The molecule has 0 saturated carbocycles. The monoisotopic (exact) mass is 491 g/mol. The van der Waals surface area contributed by atoms with E-state index < -0.39 is 16.1 Å². The van der Waals surface area contributed by atoms with Gasteiger partial charge in [0.1, 0.15) is 0 Å². The van der Waals surface area contributed by atoms with Gasteiger partial charge in [0.05, 0.1) is 11.0 Å². The Bertz CT molecular complexity index is 976. The number of benzene rings is 2. The minimum atomic E-state index is -3.55. The molecule has 0 aromatic heterocycles. The van der Waals surface area contributed by atoms with Crippen molar-refractivity contribution in [2.75, 3.05) is 58.0 Å². The van der Waals surface area contributed by atoms with Crippen LogP contribution < -0.4 is 4.90 Å². The number of unbranched alkanes of at least 4 members (excludes halogenated alkanes) is 2. The van der Waals surface area contributed by atoms with Crippen LogP contribution in [0.4, 0.5) is 5.69 Å². The standard InChI is InChI=1S/C25H37N3O3S2/c1-26(2)33(30,31)25-20-21(13-14-24(25)32-3)23(29)12-8-5-9-15-27-16-18-28(19-17-27)22-10-6-4-7-11-22/h4,6-7,10-11,13-14,20,23,29H,5,8-9,12,15-19H2,1-3H3. The number of anilines is 1. The highest BCUT2D eigenvalue weighted by atomic mass is 32.2. The summed E-state index contributed by atoms with van der Waals surface area (Å²) in [5, 5.41) is 10.7. The first-order valence-corrected chi connectivity index (χ1v) is 14.3. The maximum Gasteiger partial charge on any atom is 0.243 e. The van der Waals surface area contributed by atoms with Crippen LogP contribution in [0, 0.1) is 0 Å². The zero-order chi connectivity index (χ0) is 23.8. The molecule has 1 fully saturated rings. The minimum Gasteiger partial charge on any atom is -0.388 e. The van der Waals surface area contributed by atoms with Gasteiger partial charge in [-0.1, -0.05) is 37.1 Å². The lowest BCUT2D eigenvalue weighted by Crippen LogP contribution is -2.46. The van der Waals surface area contributed by atoms with Gasteiger partial charge in [0.2, 0.25) is 10.0 Å². The second kappa shape index (κ2) is 12.2. The molecule has 0 radical (unpaired) electrons. The maximum atomic E-state index is 12.7. The van der Waals surface area contributed by atoms with Gasteiger partial charge in [0.15, 0.2) is 0 Å². The van der Waals surface area contributed by atoms with E-state index in [1.807, 2.05) is 12.3 Å². The highest BCUT2D eigenvalue weighted by molar-refractivity contribution is 7.99. The van der Waals surface area contributed by atoms with Crippen LogP contribution in [-0.2, 0) is 10.0 Å². The van der Waals surface area contributed by atoms with Crippen molar-refractivity contribution in [2.24, 2.45) is 0 Å². The van der Waals surface area contributed by atoms with Crippen LogP contribution in [0.1, 0.15) is 37.4 Å². The summed E-state index contributed by atoms with van der Waals surface area (Å²) in [5.74, 6) is 0. The second-order valence-electron chi connectivity index (χ2n) is 8.73. The summed E-state index contributed by atoms with van der Waals surface area (Å²) >= 11 is 1.40. The van der Waals surface area contributed by atoms with Crippen molar-refractivity contribution in [1.82, 2.24) is 9.21 Å². The first-order chi connectivity index (χ1) is 15.8. The molecule has 1 unspecified atom stereocenters. The number of aliphatic hydroxyl groups excluding tert-OH is 1. The quantitative estimate of drug-likeness (QED) is 0.378. The van der Waals surface area contributed by atoms with Crippen LogP contribution in [-0.4, -0.2) is 75.8 Å². The van der Waals surface area contributed by atoms with Crippen molar-refractivity contribution in [3.63, 3.8) is 0 Å². The summed E-state index contributed by atoms with van der Waals surface area (Å²) in [6.45, 7) is 5.39. The molecule has 1 aliphatic heterocycles. The third-order valence-corrected chi connectivity index (χ3v) is 9.06. The summed E-state index contributed by atoms with van der Waals surface area (Å²) < 4.78 is 26.5. The summed E-state index contributed by atoms with van der Waals surface area (Å²) in [6.07, 6.45) is 4.95. The van der Waals surface area contributed by atoms with Gasteiger partial charge in [-0.2, -0.15) is 0 Å². The van der Waals surface area contributed by atoms with E-state index in [9.17, 15) is 13.5 Å². The Morgan fingerprint density at radius 1 is 1.00 bits per heavy atom. The Labute approximate surface area is 203 Å². The Morgan fingerprint density at radius 2 is 1.70 bits per heavy atom. The van der Waals surface area contributed by atoms with Crippen LogP contribution in [0.2, 0.25) is 0 Å². The molecule has 2 aromatic rings. The molecule has 1 aliphatic rings. The molecule has 1 atom stereocenters. The zero-order valence-electron chi connectivity index (χ0n) is 20.0. The van der Waals surface area contributed by atoms with Gasteiger partial charge in [0, 0.05) is 50.9 Å². The lowest BCUT2D eigenvalue weighted by molar-refractivity contribution is 0.162. The van der Waals surface area contributed by atoms with Crippen LogP contribution in [0.25, 0.3) is 0 Å². The highest BCUT2D eigenvalue weighted by Crippen LogP contribution is 2.31. The lowest BCUT2D eigenvalue weighted by Gasteiger charge is -2.36. The van der Waals surface area contributed by atoms with E-state index >= 15 is 0 Å². The smallest absolute Gasteiger partial charge is 0.243 e. The average molecular weight is 492 g/mol. The summed E-state index contributed by atoms with van der Waals surface area (Å²) in [7, 11) is -0.483. The zero-order valence-corrected chi connectivity index (χ0v) is 21.6. The van der Waals surface area contributed by atoms with Gasteiger partial charge < -0.3 is 10.0 Å². The molecule has 1 saturated heterocycles. The number of hydrogen-bond acceptors (Lipinski definition) is 6. The molecule has 1 N–H and O–H groups in total. The van der Waals surface area contributed by atoms with Crippen molar-refractivity contribution in [3.8, 4) is 0 Å². The molecule has 0 bridgehead atoms. The normalized spacial score (nSPS) is 16.3. The largest absolute Gasteiger partial charge is 0.388 e. The Morgan fingerprint density at radius 3 is 2.33 bits per heavy atom. The third-order valence-electron chi connectivity index (χ3n) is 6.28. The van der Waals surface area contributed by atoms with Crippen LogP contribution in [0.3, 0.4) is 0 Å². The van der Waals surface area contributed by atoms with Gasteiger partial charge in [0.25, 0.3) is 0 Å². The fourth-order valence-corrected chi connectivity index (χ4v) is 6.21. The first-order valence-electron chi connectivity index (χ1n) is 11.6. The van der Waals surface area contributed by atoms with Crippen molar-refractivity contribution in [3.05, 3.63) is 54.1 Å². The minimum absolute atomic E-state index is 0.270. The average Bonchev–Trinajstić information content (AvgIpc) is 2.84. The molecule has 1 heterocycles. The van der Waals surface area contributed by atoms with E-state index in [2.05, 4.69) is 40.1 Å². The fourth-order valence-electron chi connectivity index (χ4n) is 4.18. The predicted octanol–water partition coefficient (Wildman–Crippen LogP) is 4.07. The van der Waals surface area contributed by atoms with E-state index in [1.165, 1.54) is 35.8 Å². The molecule has 182 valence electrons. The van der Waals surface area contributed by atoms with Gasteiger partial charge in [-0.25, -0.2) is 12.7 Å². The maximum absolute atomic E-state index is 12.7. The first kappa shape index (κ1) is 26.0. The molecule has 3 rings (SSSR count). The second-order valence-corrected chi connectivity index (χ2v) is 11.7. The van der Waals surface area contributed by atoms with E-state index in [0.29, 0.717) is 16.9 Å². The number of rotatable bonds is 11. The topological polar surface area (TPSA) is 64.1 Å². The highest BCUT2D eigenvalue weighted by Gasteiger charge is 2.23. The molecule has 8 heteroatoms. The molecule has 2 aromatic carbocycles. The van der Waals surface area contributed by atoms with Crippen molar-refractivity contribution >= 4 is 27.5 Å². The molecule has 0 spiro atoms. The molecular formula is C25H37N3O3S2. The number of nitrogens with zero attached hydrogens (tertiary/aromatic N) is 3. The number of para-hydroxylation sites is 1. The number of piperazine rings is 1. The van der Waals surface area contributed by atoms with E-state index in [0.717, 1.165) is 52.0 Å². The number of sulfonamides is 1. The summed E-state index contributed by atoms with van der Waals surface area (Å²) in [5.41, 5.74) is 1.98. The van der Waals surface area contributed by atoms with Crippen molar-refractivity contribution < 1.29 is 13.5 Å². The van der Waals surface area contributed by atoms with E-state index in [4.69, 9.17) is 0 Å². The van der Waals surface area contributed by atoms with Crippen molar-refractivity contribution in [2.45, 2.75) is 41.6 Å². The summed E-state index contributed by atoms with van der Waals surface area (Å²) in [6, 6.07) is 15.9. The lowest BCUT2D eigenvalue weighted by atomic mass is 10.0. The van der Waals surface area contributed by atoms with Crippen LogP contribution >= 0.6 is 11.8 Å². The SMILES string of the molecule is CSc1ccc(C(O)CCCCCN2CCN(c3ccccc3)CC2)cc1S(=O)(=O)N(C)C. The molecule has 33 heavy (non-hydrogen) atoms. The van der Waals surface area contributed by atoms with Crippen molar-refractivity contribution in [1.29, 1.82) is 0 Å². The van der Waals surface area contributed by atoms with Gasteiger partial charge in [-0.3, -0.25) is 4.90 Å². The predicted molar refractivity (Wildman–Crippen MR) is 138 cm³/mol. The van der Waals surface area contributed by atoms with Crippen LogP contribution in [0.5, 0.6) is 0 Å². The van der Waals surface area contributed by atoms with E-state index in [-0.39, 0.29) is 4.90 Å². The van der Waals surface area contributed by atoms with Gasteiger partial charge in [-0.15, -0.1) is 11.8 Å². The Hall–Kier alpha value is -1.58. The molecular weight excluding hydrogens is 454 g/mol. The molecule has 6 nitrogen and oxygen atoms in total. The Balaban J connectivity index is 1.42. The third kappa shape index (κ3) is 6.96. The van der Waals surface area contributed by atoms with E-state index in [1.54, 1.807) is 12.1 Å². The van der Waals surface area contributed by atoms with Gasteiger partial charge >= 0.3 is 0 Å². The van der Waals surface area contributed by atoms with Gasteiger partial charge in [-0.05, 0) is 55.5 Å². The number of hydrogen-bond donors (Lipinski definition) is 1. The number of thioether (sulfide) groups is 1. The fraction of sp³-hybridized carbons (Fsp3) is 0.520. The summed E-state index contributed by atoms with van der Waals surface area (Å²) in [4.78, 5) is 5.94. The van der Waals surface area contributed by atoms with Crippen LogP contribution in [0.15, 0.2) is 58.3 Å².